The van der Waals surface area contributed by atoms with E-state index in [1.54, 1.807) is 6.07 Å². The molecule has 2 aliphatic rings. The lowest BCUT2D eigenvalue weighted by Gasteiger charge is -2.24. The summed E-state index contributed by atoms with van der Waals surface area (Å²) in [6.07, 6.45) is 1.35. The van der Waals surface area contributed by atoms with Crippen LogP contribution in [-0.4, -0.2) is 47.1 Å². The fraction of sp³-hybridized carbons (Fsp3) is 0.346. The largest absolute Gasteiger partial charge is 0.487 e. The van der Waals surface area contributed by atoms with E-state index in [2.05, 4.69) is 10.3 Å². The van der Waals surface area contributed by atoms with E-state index in [0.29, 0.717) is 25.9 Å². The summed E-state index contributed by atoms with van der Waals surface area (Å²) in [5, 5.41) is 3.83. The predicted octanol–water partition coefficient (Wildman–Crippen LogP) is 3.06. The number of likely N-dealkylation sites (tertiary alicyclic amines) is 1. The quantitative estimate of drug-likeness (QED) is 0.608. The first-order valence-electron chi connectivity index (χ1n) is 11.6. The van der Waals surface area contributed by atoms with Gasteiger partial charge in [0.15, 0.2) is 0 Å². The molecule has 1 fully saturated rings. The number of benzene rings is 2. The smallest absolute Gasteiger partial charge is 0.410 e. The molecule has 8 nitrogen and oxygen atoms in total. The van der Waals surface area contributed by atoms with Crippen molar-refractivity contribution < 1.29 is 19.1 Å². The molecule has 5 rings (SSSR count). The Morgan fingerprint density at radius 2 is 2.03 bits per heavy atom. The van der Waals surface area contributed by atoms with E-state index in [4.69, 9.17) is 9.47 Å². The molecule has 0 spiro atoms. The molecule has 2 aromatic carbocycles. The molecule has 8 heteroatoms. The first kappa shape index (κ1) is 22.0. The Bertz CT molecular complexity index is 1290. The Balaban J connectivity index is 1.19. The molecule has 1 aromatic heterocycles. The third kappa shape index (κ3) is 4.35. The lowest BCUT2D eigenvalue weighted by molar-refractivity contribution is -0.125. The highest BCUT2D eigenvalue weighted by Gasteiger charge is 2.36. The maximum Gasteiger partial charge on any atom is 0.410 e. The van der Waals surface area contributed by atoms with Gasteiger partial charge in [-0.15, -0.1) is 0 Å². The second kappa shape index (κ2) is 9.21. The van der Waals surface area contributed by atoms with E-state index in [9.17, 15) is 14.4 Å². The molecule has 0 radical (unpaired) electrons. The van der Waals surface area contributed by atoms with Crippen LogP contribution in [0.25, 0.3) is 10.9 Å². The number of aromatic amines is 1. The molecule has 2 atom stereocenters. The minimum atomic E-state index is -0.541. The van der Waals surface area contributed by atoms with Crippen molar-refractivity contribution in [1.29, 1.82) is 0 Å². The number of fused-ring (bicyclic) bond motifs is 3. The number of hydrogen-bond acceptors (Lipinski definition) is 5. The molecule has 176 valence electrons. The number of aromatic nitrogens is 1. The molecule has 2 amide bonds. The van der Waals surface area contributed by atoms with Crippen LogP contribution >= 0.6 is 0 Å². The summed E-state index contributed by atoms with van der Waals surface area (Å²) in [6, 6.07) is 14.2. The molecule has 2 aliphatic heterocycles. The van der Waals surface area contributed by atoms with Crippen LogP contribution in [0.3, 0.4) is 0 Å². The van der Waals surface area contributed by atoms with Gasteiger partial charge >= 0.3 is 6.09 Å². The van der Waals surface area contributed by atoms with Crippen molar-refractivity contribution in [2.45, 2.75) is 44.9 Å². The highest BCUT2D eigenvalue weighted by Crippen LogP contribution is 2.37. The number of hydrogen-bond donors (Lipinski definition) is 2. The Labute approximate surface area is 196 Å². The zero-order valence-electron chi connectivity index (χ0n) is 19.0. The summed E-state index contributed by atoms with van der Waals surface area (Å²) in [4.78, 5) is 41.6. The van der Waals surface area contributed by atoms with Gasteiger partial charge in [0.05, 0.1) is 12.1 Å². The summed E-state index contributed by atoms with van der Waals surface area (Å²) < 4.78 is 11.6. The Morgan fingerprint density at radius 1 is 1.21 bits per heavy atom. The molecular formula is C26H27N3O5. The van der Waals surface area contributed by atoms with Gasteiger partial charge in [0.2, 0.25) is 11.5 Å². The number of nitrogens with zero attached hydrogens (tertiary/aromatic N) is 1. The van der Waals surface area contributed by atoms with Crippen LogP contribution in [0, 0.1) is 6.92 Å². The predicted molar refractivity (Wildman–Crippen MR) is 127 cm³/mol. The van der Waals surface area contributed by atoms with Gasteiger partial charge in [-0.25, -0.2) is 4.79 Å². The van der Waals surface area contributed by atoms with Gasteiger partial charge in [-0.05, 0) is 42.5 Å². The van der Waals surface area contributed by atoms with E-state index in [1.165, 1.54) is 11.0 Å². The summed E-state index contributed by atoms with van der Waals surface area (Å²) in [7, 11) is 0. The fourth-order valence-electron chi connectivity index (χ4n) is 4.80. The van der Waals surface area contributed by atoms with Crippen molar-refractivity contribution in [3.8, 4) is 5.75 Å². The number of carbonyl (C=O) groups is 2. The molecule has 34 heavy (non-hydrogen) atoms. The van der Waals surface area contributed by atoms with Crippen molar-refractivity contribution >= 4 is 22.9 Å². The highest BCUT2D eigenvalue weighted by molar-refractivity contribution is 5.89. The lowest BCUT2D eigenvalue weighted by atomic mass is 10.0. The summed E-state index contributed by atoms with van der Waals surface area (Å²) in [5.74, 6) is 0.558. The third-order valence-corrected chi connectivity index (χ3v) is 6.47. The SMILES string of the molecule is Cc1cc2c(c3ccc(=O)[nH]c13)OC(CNC(=O)[C@@H]1CCCN1C(=O)OCc1ccccc1)C2. The van der Waals surface area contributed by atoms with Crippen LogP contribution in [0.1, 0.15) is 29.5 Å². The van der Waals surface area contributed by atoms with E-state index in [0.717, 1.165) is 39.8 Å². The van der Waals surface area contributed by atoms with E-state index < -0.39 is 12.1 Å². The number of pyridine rings is 1. The zero-order chi connectivity index (χ0) is 23.7. The molecule has 0 saturated carbocycles. The molecule has 3 heterocycles. The molecule has 0 bridgehead atoms. The first-order valence-corrected chi connectivity index (χ1v) is 11.6. The second-order valence-electron chi connectivity index (χ2n) is 8.87. The Morgan fingerprint density at radius 3 is 2.85 bits per heavy atom. The second-order valence-corrected chi connectivity index (χ2v) is 8.87. The van der Waals surface area contributed by atoms with Crippen molar-refractivity contribution in [1.82, 2.24) is 15.2 Å². The summed E-state index contributed by atoms with van der Waals surface area (Å²) >= 11 is 0. The van der Waals surface area contributed by atoms with Gasteiger partial charge in [-0.1, -0.05) is 36.4 Å². The van der Waals surface area contributed by atoms with E-state index in [1.807, 2.05) is 43.3 Å². The van der Waals surface area contributed by atoms with Crippen molar-refractivity contribution in [2.75, 3.05) is 13.1 Å². The molecule has 0 aliphatic carbocycles. The van der Waals surface area contributed by atoms with Crippen molar-refractivity contribution in [3.05, 3.63) is 75.6 Å². The van der Waals surface area contributed by atoms with Gasteiger partial charge in [0.25, 0.3) is 0 Å². The van der Waals surface area contributed by atoms with Gasteiger partial charge < -0.3 is 19.8 Å². The minimum absolute atomic E-state index is 0.152. The number of H-pyrrole nitrogens is 1. The van der Waals surface area contributed by atoms with Gasteiger partial charge in [0.1, 0.15) is 24.5 Å². The molecular weight excluding hydrogens is 434 g/mol. The molecule has 2 N–H and O–H groups in total. The average Bonchev–Trinajstić information content (AvgIpc) is 3.49. The number of carbonyl (C=O) groups excluding carboxylic acids is 2. The highest BCUT2D eigenvalue weighted by atomic mass is 16.6. The Hall–Kier alpha value is -3.81. The van der Waals surface area contributed by atoms with Gasteiger partial charge in [0, 0.05) is 24.4 Å². The molecule has 1 saturated heterocycles. The maximum atomic E-state index is 12.9. The normalized spacial score (nSPS) is 19.0. The van der Waals surface area contributed by atoms with E-state index >= 15 is 0 Å². The van der Waals surface area contributed by atoms with Gasteiger partial charge in [-0.3, -0.25) is 14.5 Å². The van der Waals surface area contributed by atoms with Crippen LogP contribution in [0.4, 0.5) is 4.79 Å². The standard InChI is InChI=1S/C26H27N3O5/c1-16-12-18-13-19(34-24(18)20-9-10-22(30)28-23(16)20)14-27-25(31)21-8-5-11-29(21)26(32)33-15-17-6-3-2-4-7-17/h2-4,6-7,9-10,12,19,21H,5,8,11,13-15H2,1H3,(H,27,31)(H,28,30)/t19?,21-/m0/s1. The van der Waals surface area contributed by atoms with E-state index in [-0.39, 0.29) is 24.2 Å². The maximum absolute atomic E-state index is 12.9. The third-order valence-electron chi connectivity index (χ3n) is 6.47. The number of amides is 2. The number of aryl methyl sites for hydroxylation is 1. The van der Waals surface area contributed by atoms with Crippen LogP contribution in [0.15, 0.2) is 53.3 Å². The number of rotatable bonds is 5. The first-order chi connectivity index (χ1) is 16.5. The summed E-state index contributed by atoms with van der Waals surface area (Å²) in [6.45, 7) is 2.97. The molecule has 3 aromatic rings. The minimum Gasteiger partial charge on any atom is -0.487 e. The average molecular weight is 462 g/mol. The zero-order valence-corrected chi connectivity index (χ0v) is 19.0. The Kier molecular flexibility index (Phi) is 5.96. The van der Waals surface area contributed by atoms with Crippen molar-refractivity contribution in [2.24, 2.45) is 0 Å². The van der Waals surface area contributed by atoms with Crippen LogP contribution in [0.5, 0.6) is 5.75 Å². The van der Waals surface area contributed by atoms with Crippen LogP contribution in [-0.2, 0) is 22.6 Å². The lowest BCUT2D eigenvalue weighted by Crippen LogP contribution is -2.48. The number of nitrogens with one attached hydrogen (secondary N) is 2. The molecule has 1 unspecified atom stereocenters. The van der Waals surface area contributed by atoms with Crippen molar-refractivity contribution in [3.63, 3.8) is 0 Å². The van der Waals surface area contributed by atoms with Gasteiger partial charge in [-0.2, -0.15) is 0 Å². The fourth-order valence-corrected chi connectivity index (χ4v) is 4.80. The number of ether oxygens (including phenoxy) is 2. The monoisotopic (exact) mass is 461 g/mol. The van der Waals surface area contributed by atoms with Crippen LogP contribution < -0.4 is 15.6 Å². The summed E-state index contributed by atoms with van der Waals surface area (Å²) in [5.41, 5.74) is 3.56. The topological polar surface area (TPSA) is 101 Å². The van der Waals surface area contributed by atoms with Crippen LogP contribution in [0.2, 0.25) is 0 Å².